The number of furan rings is 1. The Bertz CT molecular complexity index is 2680. The molecule has 4 aromatic carbocycles. The summed E-state index contributed by atoms with van der Waals surface area (Å²) in [6.45, 7) is 1.48. The van der Waals surface area contributed by atoms with Crippen LogP contribution in [0.2, 0.25) is 0 Å². The van der Waals surface area contributed by atoms with E-state index in [2.05, 4.69) is 26.6 Å². The van der Waals surface area contributed by atoms with Crippen LogP contribution in [-0.4, -0.2) is 116 Å². The van der Waals surface area contributed by atoms with E-state index >= 15 is 0 Å². The molecule has 0 aliphatic carbocycles. The van der Waals surface area contributed by atoms with Gasteiger partial charge in [-0.3, -0.25) is 28.8 Å². The number of ether oxygens (including phenoxy) is 1. The van der Waals surface area contributed by atoms with Crippen LogP contribution in [0.25, 0.3) is 22.1 Å². The van der Waals surface area contributed by atoms with E-state index in [9.17, 15) is 38.7 Å². The summed E-state index contributed by atoms with van der Waals surface area (Å²) in [4.78, 5) is 95.9. The van der Waals surface area contributed by atoms with Crippen molar-refractivity contribution in [2.24, 2.45) is 11.1 Å². The Morgan fingerprint density at radius 3 is 2.39 bits per heavy atom. The molecule has 17 heteroatoms. The van der Waals surface area contributed by atoms with Crippen molar-refractivity contribution in [1.29, 1.82) is 0 Å². The summed E-state index contributed by atoms with van der Waals surface area (Å²) in [5.41, 5.74) is 8.95. The van der Waals surface area contributed by atoms with Crippen LogP contribution in [0.1, 0.15) is 56.9 Å². The molecule has 1 fully saturated rings. The molecule has 2 aliphatic heterocycles. The Balaban J connectivity index is 1.18. The van der Waals surface area contributed by atoms with Crippen LogP contribution in [0.3, 0.4) is 0 Å². The number of carbonyl (C=O) groups is 7. The van der Waals surface area contributed by atoms with E-state index in [1.165, 1.54) is 6.07 Å². The molecule has 2 aliphatic rings. The highest BCUT2D eigenvalue weighted by molar-refractivity contribution is 6.02. The molecule has 0 unspecified atom stereocenters. The van der Waals surface area contributed by atoms with Gasteiger partial charge in [-0.25, -0.2) is 4.79 Å². The highest BCUT2D eigenvalue weighted by Crippen LogP contribution is 2.34. The zero-order chi connectivity index (χ0) is 48.8. The summed E-state index contributed by atoms with van der Waals surface area (Å²) >= 11 is 0. The zero-order valence-corrected chi connectivity index (χ0v) is 38.2. The lowest BCUT2D eigenvalue weighted by molar-refractivity contribution is -0.129. The number of amides is 5. The zero-order valence-electron chi connectivity index (χ0n) is 38.2. The molecule has 0 spiro atoms. The second-order valence-corrected chi connectivity index (χ2v) is 17.2. The van der Waals surface area contributed by atoms with Gasteiger partial charge in [0, 0.05) is 68.9 Å². The molecule has 0 radical (unpaired) electrons. The fraction of sp³-hybridized carbons (Fsp3) is 0.327. The first-order valence-corrected chi connectivity index (χ1v) is 23.0. The lowest BCUT2D eigenvalue weighted by Gasteiger charge is -2.42. The Morgan fingerprint density at radius 1 is 0.870 bits per heavy atom. The minimum Gasteiger partial charge on any atom is -0.475 e. The number of carboxylic acids is 1. The van der Waals surface area contributed by atoms with Crippen molar-refractivity contribution in [2.45, 2.75) is 50.7 Å². The highest BCUT2D eigenvalue weighted by Gasteiger charge is 2.44. The van der Waals surface area contributed by atoms with Crippen LogP contribution >= 0.6 is 0 Å². The number of nitrogens with one attached hydrogen (secondary N) is 5. The Hall–Kier alpha value is -7.47. The summed E-state index contributed by atoms with van der Waals surface area (Å²) in [5, 5.41) is 24.8. The lowest BCUT2D eigenvalue weighted by Crippen LogP contribution is -2.57. The van der Waals surface area contributed by atoms with Gasteiger partial charge in [-0.2, -0.15) is 0 Å². The molecule has 2 bridgehead atoms. The van der Waals surface area contributed by atoms with Crippen LogP contribution in [-0.2, 0) is 48.1 Å². The number of hydrogen-bond acceptors (Lipinski definition) is 11. The van der Waals surface area contributed by atoms with Crippen molar-refractivity contribution in [3.63, 3.8) is 0 Å². The van der Waals surface area contributed by atoms with E-state index in [1.807, 2.05) is 36.4 Å². The number of nitrogens with two attached hydrogens (primary N) is 1. The fourth-order valence-electron chi connectivity index (χ4n) is 8.69. The van der Waals surface area contributed by atoms with Gasteiger partial charge in [0.15, 0.2) is 5.78 Å². The van der Waals surface area contributed by atoms with E-state index in [4.69, 9.17) is 14.9 Å². The fourth-order valence-corrected chi connectivity index (χ4v) is 8.69. The van der Waals surface area contributed by atoms with Gasteiger partial charge in [0.1, 0.15) is 11.6 Å². The molecule has 1 saturated heterocycles. The van der Waals surface area contributed by atoms with Crippen molar-refractivity contribution < 1.29 is 47.8 Å². The highest BCUT2D eigenvalue weighted by atomic mass is 16.5. The number of fused-ring (bicyclic) bond motifs is 4. The molecule has 7 rings (SSSR count). The monoisotopic (exact) mass is 939 g/mol. The number of nitrogens with zero attached hydrogens (tertiary/aromatic N) is 1. The number of carbonyl (C=O) groups excluding carboxylic acids is 6. The molecule has 0 saturated carbocycles. The molecule has 8 N–H and O–H groups in total. The van der Waals surface area contributed by atoms with Crippen molar-refractivity contribution in [3.8, 4) is 11.1 Å². The number of carboxylic acid groups (broad SMARTS) is 1. The molecule has 3 atom stereocenters. The average Bonchev–Trinajstić information content (AvgIpc) is 3.80. The maximum atomic E-state index is 14.7. The SMILES string of the molecule is NCCOCCNC(=O)[C@@H]1CCNC(=O)/C=C/C(=O)N2CCC[C@@](C(=O)c3ccccc3)(CN[C@@H](Cc3ccc(-c4ccc5cc(C(=O)O)oc5c4)cc3)C(=O)NCc3ccccc3CC(=O)N1)C2. The van der Waals surface area contributed by atoms with E-state index < -0.39 is 47.1 Å². The van der Waals surface area contributed by atoms with Crippen molar-refractivity contribution in [1.82, 2.24) is 31.5 Å². The Morgan fingerprint density at radius 2 is 1.62 bits per heavy atom. The maximum Gasteiger partial charge on any atom is 0.371 e. The third-order valence-electron chi connectivity index (χ3n) is 12.4. The lowest BCUT2D eigenvalue weighted by atomic mass is 9.73. The molecular formula is C52H57N7O10. The topological polar surface area (TPSA) is 251 Å². The van der Waals surface area contributed by atoms with Gasteiger partial charge in [0.2, 0.25) is 35.3 Å². The third-order valence-corrected chi connectivity index (χ3v) is 12.4. The first kappa shape index (κ1) is 49.4. The number of Topliss-reactive ketones (excluding diaryl/α,β-unsaturated/α-hetero) is 1. The van der Waals surface area contributed by atoms with Gasteiger partial charge in [-0.05, 0) is 65.6 Å². The number of piperidine rings is 1. The summed E-state index contributed by atoms with van der Waals surface area (Å²) in [6.07, 6.45) is 3.29. The predicted octanol–water partition coefficient (Wildman–Crippen LogP) is 3.30. The van der Waals surface area contributed by atoms with Gasteiger partial charge in [-0.1, -0.05) is 91.0 Å². The van der Waals surface area contributed by atoms with E-state index in [-0.39, 0.29) is 76.0 Å². The smallest absolute Gasteiger partial charge is 0.371 e. The summed E-state index contributed by atoms with van der Waals surface area (Å²) in [5.74, 6) is -3.87. The Kier molecular flexibility index (Phi) is 16.8. The van der Waals surface area contributed by atoms with Gasteiger partial charge in [0.05, 0.1) is 31.1 Å². The van der Waals surface area contributed by atoms with Crippen LogP contribution in [0.4, 0.5) is 0 Å². The quantitative estimate of drug-likeness (QED) is 0.0704. The third kappa shape index (κ3) is 13.2. The van der Waals surface area contributed by atoms with E-state index in [0.717, 1.165) is 28.8 Å². The molecule has 5 aromatic rings. The number of benzene rings is 4. The molecule has 17 nitrogen and oxygen atoms in total. The van der Waals surface area contributed by atoms with Crippen LogP contribution in [0.15, 0.2) is 120 Å². The van der Waals surface area contributed by atoms with Crippen LogP contribution < -0.4 is 32.3 Å². The van der Waals surface area contributed by atoms with Gasteiger partial charge in [-0.15, -0.1) is 0 Å². The normalized spacial score (nSPS) is 20.3. The summed E-state index contributed by atoms with van der Waals surface area (Å²) in [7, 11) is 0. The Labute approximate surface area is 399 Å². The second-order valence-electron chi connectivity index (χ2n) is 17.2. The van der Waals surface area contributed by atoms with Gasteiger partial charge >= 0.3 is 5.97 Å². The van der Waals surface area contributed by atoms with Crippen molar-refractivity contribution in [3.05, 3.63) is 143 Å². The minimum absolute atomic E-state index is 0.00371. The molecule has 69 heavy (non-hydrogen) atoms. The van der Waals surface area contributed by atoms with Gasteiger partial charge in [0.25, 0.3) is 0 Å². The standard InChI is InChI=1S/C52H57N7O10/c53-21-25-68-26-23-55-49(64)41-19-22-54-45(60)17-18-47(62)59-24-6-20-52(33-59,48(63)36-7-2-1-3-8-36)32-57-42(50(65)56-31-40-10-5-4-9-37(40)30-46(61)58-41)27-34-11-13-35(14-12-34)38-15-16-39-29-44(51(66)67)69-43(39)28-38/h1-5,7-18,28-29,41-42,57H,6,19-27,30-33,53H2,(H,54,60)(H,55,64)(H,56,65)(H,58,61)(H,66,67)/b18-17+/t41-,42-,52+/m0/s1. The van der Waals surface area contributed by atoms with Gasteiger partial charge < -0.3 is 51.5 Å². The van der Waals surface area contributed by atoms with E-state index in [1.54, 1.807) is 65.6 Å². The van der Waals surface area contributed by atoms with Crippen LogP contribution in [0.5, 0.6) is 0 Å². The van der Waals surface area contributed by atoms with Crippen LogP contribution in [0, 0.1) is 5.41 Å². The largest absolute Gasteiger partial charge is 0.475 e. The minimum atomic E-state index is -1.16. The number of rotatable bonds is 12. The molecular weight excluding hydrogens is 883 g/mol. The summed E-state index contributed by atoms with van der Waals surface area (Å²) in [6, 6.07) is 28.6. The first-order valence-electron chi connectivity index (χ1n) is 23.0. The number of hydrogen-bond donors (Lipinski definition) is 7. The predicted molar refractivity (Wildman–Crippen MR) is 257 cm³/mol. The maximum absolute atomic E-state index is 14.7. The first-order chi connectivity index (χ1) is 33.4. The number of aromatic carboxylic acids is 1. The molecule has 5 amide bonds. The molecule has 1 aromatic heterocycles. The van der Waals surface area contributed by atoms with Crippen molar-refractivity contribution >= 4 is 52.3 Å². The van der Waals surface area contributed by atoms with Crippen molar-refractivity contribution in [2.75, 3.05) is 52.5 Å². The molecule has 3 heterocycles. The second kappa shape index (κ2) is 23.5. The summed E-state index contributed by atoms with van der Waals surface area (Å²) < 4.78 is 10.9. The van der Waals surface area contributed by atoms with E-state index in [0.29, 0.717) is 60.2 Å². The number of ketones is 1. The molecule has 360 valence electrons. The average molecular weight is 940 g/mol.